The average molecular weight is 259 g/mol. The van der Waals surface area contributed by atoms with E-state index < -0.39 is 0 Å². The number of rotatable bonds is 6. The molecule has 0 bridgehead atoms. The van der Waals surface area contributed by atoms with Gasteiger partial charge in [0.1, 0.15) is 5.82 Å². The highest BCUT2D eigenvalue weighted by molar-refractivity contribution is 5.49. The Balaban J connectivity index is 2.16. The summed E-state index contributed by atoms with van der Waals surface area (Å²) >= 11 is 0. The fraction of sp³-hybridized carbons (Fsp3) is 0.562. The molecule has 0 spiro atoms. The second kappa shape index (κ2) is 5.74. The number of pyridine rings is 1. The summed E-state index contributed by atoms with van der Waals surface area (Å²) < 4.78 is 0. The van der Waals surface area contributed by atoms with Crippen molar-refractivity contribution in [1.29, 1.82) is 0 Å². The van der Waals surface area contributed by atoms with Crippen molar-refractivity contribution in [1.82, 2.24) is 10.3 Å². The highest BCUT2D eigenvalue weighted by Gasteiger charge is 2.30. The van der Waals surface area contributed by atoms with Gasteiger partial charge in [-0.05, 0) is 39.7 Å². The summed E-state index contributed by atoms with van der Waals surface area (Å²) in [5, 5.41) is 3.54. The van der Waals surface area contributed by atoms with Crippen molar-refractivity contribution in [2.24, 2.45) is 0 Å². The van der Waals surface area contributed by atoms with E-state index in [9.17, 15) is 0 Å². The monoisotopic (exact) mass is 259 g/mol. The van der Waals surface area contributed by atoms with Crippen molar-refractivity contribution >= 4 is 5.82 Å². The molecule has 0 radical (unpaired) electrons. The Bertz CT molecular complexity index is 430. The third-order valence-corrected chi connectivity index (χ3v) is 3.26. The first kappa shape index (κ1) is 14.1. The van der Waals surface area contributed by atoms with Gasteiger partial charge in [0.15, 0.2) is 0 Å². The van der Waals surface area contributed by atoms with E-state index in [1.54, 1.807) is 0 Å². The zero-order valence-electron chi connectivity index (χ0n) is 12.3. The third kappa shape index (κ3) is 4.06. The predicted molar refractivity (Wildman–Crippen MR) is 81.4 cm³/mol. The molecule has 0 atom stereocenters. The van der Waals surface area contributed by atoms with Crippen molar-refractivity contribution in [3.05, 3.63) is 36.5 Å². The van der Waals surface area contributed by atoms with E-state index in [0.29, 0.717) is 6.04 Å². The normalized spacial score (nSPS) is 15.3. The molecule has 104 valence electrons. The highest BCUT2D eigenvalue weighted by atomic mass is 15.2. The summed E-state index contributed by atoms with van der Waals surface area (Å²) in [5.41, 5.74) is 1.39. The lowest BCUT2D eigenvalue weighted by atomic mass is 10.1. The van der Waals surface area contributed by atoms with Gasteiger partial charge in [0.05, 0.1) is 0 Å². The summed E-state index contributed by atoms with van der Waals surface area (Å²) in [6.45, 7) is 12.2. The molecular formula is C16H25N3. The summed E-state index contributed by atoms with van der Waals surface area (Å²) in [6, 6.07) is 4.84. The van der Waals surface area contributed by atoms with Gasteiger partial charge in [-0.2, -0.15) is 0 Å². The van der Waals surface area contributed by atoms with Crippen LogP contribution in [-0.2, 0) is 6.54 Å². The second-order valence-electron chi connectivity index (χ2n) is 6.26. The van der Waals surface area contributed by atoms with E-state index in [4.69, 9.17) is 0 Å². The van der Waals surface area contributed by atoms with Gasteiger partial charge in [-0.15, -0.1) is 6.58 Å². The van der Waals surface area contributed by atoms with Crippen LogP contribution in [0.3, 0.4) is 0 Å². The molecule has 2 rings (SSSR count). The number of hydrogen-bond donors (Lipinski definition) is 1. The van der Waals surface area contributed by atoms with Crippen molar-refractivity contribution < 1.29 is 0 Å². The molecule has 1 aliphatic carbocycles. The molecule has 0 amide bonds. The lowest BCUT2D eigenvalue weighted by molar-refractivity contribution is 0.424. The molecule has 3 heteroatoms. The molecule has 1 saturated carbocycles. The largest absolute Gasteiger partial charge is 0.350 e. The van der Waals surface area contributed by atoms with Crippen LogP contribution in [-0.4, -0.2) is 23.1 Å². The Morgan fingerprint density at radius 3 is 2.79 bits per heavy atom. The minimum atomic E-state index is 0.121. The van der Waals surface area contributed by atoms with E-state index >= 15 is 0 Å². The number of anilines is 1. The molecule has 1 aliphatic rings. The zero-order chi connectivity index (χ0) is 13.9. The van der Waals surface area contributed by atoms with Crippen molar-refractivity contribution in [2.75, 3.05) is 11.4 Å². The minimum Gasteiger partial charge on any atom is -0.350 e. The maximum Gasteiger partial charge on any atom is 0.133 e. The van der Waals surface area contributed by atoms with Gasteiger partial charge in [0, 0.05) is 36.4 Å². The van der Waals surface area contributed by atoms with Gasteiger partial charge in [0.25, 0.3) is 0 Å². The van der Waals surface area contributed by atoms with Gasteiger partial charge in [-0.25, -0.2) is 4.98 Å². The van der Waals surface area contributed by atoms with Crippen molar-refractivity contribution in [2.45, 2.75) is 51.7 Å². The molecule has 3 nitrogen and oxygen atoms in total. The lowest BCUT2D eigenvalue weighted by Crippen LogP contribution is -2.36. The summed E-state index contributed by atoms with van der Waals surface area (Å²) in [7, 11) is 0. The van der Waals surface area contributed by atoms with Crippen LogP contribution in [0.1, 0.15) is 39.2 Å². The number of hydrogen-bond acceptors (Lipinski definition) is 3. The maximum atomic E-state index is 4.60. The fourth-order valence-electron chi connectivity index (χ4n) is 2.12. The van der Waals surface area contributed by atoms with Gasteiger partial charge < -0.3 is 10.2 Å². The topological polar surface area (TPSA) is 28.2 Å². The molecule has 1 fully saturated rings. The minimum absolute atomic E-state index is 0.121. The Kier molecular flexibility index (Phi) is 4.25. The molecule has 1 heterocycles. The smallest absolute Gasteiger partial charge is 0.133 e. The molecule has 1 aromatic heterocycles. The van der Waals surface area contributed by atoms with Crippen LogP contribution < -0.4 is 10.2 Å². The molecule has 0 unspecified atom stereocenters. The highest BCUT2D eigenvalue weighted by Crippen LogP contribution is 2.32. The summed E-state index contributed by atoms with van der Waals surface area (Å²) in [5.74, 6) is 1.11. The molecule has 0 saturated heterocycles. The Morgan fingerprint density at radius 1 is 1.47 bits per heavy atom. The van der Waals surface area contributed by atoms with E-state index in [2.05, 4.69) is 48.6 Å². The van der Waals surface area contributed by atoms with Crippen LogP contribution in [0.2, 0.25) is 0 Å². The molecule has 1 N–H and O–H groups in total. The second-order valence-corrected chi connectivity index (χ2v) is 6.26. The Morgan fingerprint density at radius 2 is 2.21 bits per heavy atom. The first-order valence-electron chi connectivity index (χ1n) is 7.08. The van der Waals surface area contributed by atoms with Crippen molar-refractivity contribution in [3.8, 4) is 0 Å². The Labute approximate surface area is 116 Å². The first-order chi connectivity index (χ1) is 9.01. The van der Waals surface area contributed by atoms with Crippen molar-refractivity contribution in [3.63, 3.8) is 0 Å². The number of nitrogens with zero attached hydrogens (tertiary/aromatic N) is 2. The zero-order valence-corrected chi connectivity index (χ0v) is 12.3. The third-order valence-electron chi connectivity index (χ3n) is 3.26. The van der Waals surface area contributed by atoms with E-state index in [1.807, 2.05) is 18.3 Å². The molecule has 0 aromatic carbocycles. The van der Waals surface area contributed by atoms with Crippen LogP contribution in [0.15, 0.2) is 31.0 Å². The summed E-state index contributed by atoms with van der Waals surface area (Å²) in [6.07, 6.45) is 6.40. The SMILES string of the molecule is C=CCN(c1ncccc1CNC(C)(C)C)C1CC1. The van der Waals surface area contributed by atoms with E-state index in [0.717, 1.165) is 18.9 Å². The summed E-state index contributed by atoms with van der Waals surface area (Å²) in [4.78, 5) is 6.98. The standard InChI is InChI=1S/C16H25N3/c1-5-11-19(14-8-9-14)15-13(7-6-10-17-15)12-18-16(2,3)4/h5-7,10,14,18H,1,8-9,11-12H2,2-4H3. The molecule has 19 heavy (non-hydrogen) atoms. The van der Waals surface area contributed by atoms with Gasteiger partial charge >= 0.3 is 0 Å². The average Bonchev–Trinajstić information content (AvgIpc) is 3.17. The molecule has 1 aromatic rings. The van der Waals surface area contributed by atoms with Crippen LogP contribution in [0.25, 0.3) is 0 Å². The van der Waals surface area contributed by atoms with E-state index in [-0.39, 0.29) is 5.54 Å². The molecule has 0 aliphatic heterocycles. The number of aromatic nitrogens is 1. The molecular weight excluding hydrogens is 234 g/mol. The quantitative estimate of drug-likeness (QED) is 0.796. The van der Waals surface area contributed by atoms with Gasteiger partial charge in [-0.3, -0.25) is 0 Å². The number of nitrogens with one attached hydrogen (secondary N) is 1. The van der Waals surface area contributed by atoms with E-state index in [1.165, 1.54) is 18.4 Å². The lowest BCUT2D eigenvalue weighted by Gasteiger charge is -2.26. The van der Waals surface area contributed by atoms with Crippen LogP contribution in [0, 0.1) is 0 Å². The van der Waals surface area contributed by atoms with Gasteiger partial charge in [-0.1, -0.05) is 12.1 Å². The van der Waals surface area contributed by atoms with Crippen LogP contribution in [0.5, 0.6) is 0 Å². The van der Waals surface area contributed by atoms with Crippen LogP contribution in [0.4, 0.5) is 5.82 Å². The fourth-order valence-corrected chi connectivity index (χ4v) is 2.12. The predicted octanol–water partition coefficient (Wildman–Crippen LogP) is 3.12. The van der Waals surface area contributed by atoms with Gasteiger partial charge in [0.2, 0.25) is 0 Å². The maximum absolute atomic E-state index is 4.60. The van der Waals surface area contributed by atoms with Crippen LogP contribution >= 0.6 is 0 Å². The first-order valence-corrected chi connectivity index (χ1v) is 7.08. The Hall–Kier alpha value is -1.35.